The van der Waals surface area contributed by atoms with E-state index in [4.69, 9.17) is 5.11 Å². The third-order valence-corrected chi connectivity index (χ3v) is 3.35. The van der Waals surface area contributed by atoms with Gasteiger partial charge in [0.25, 0.3) is 0 Å². The number of hydrogen-bond acceptors (Lipinski definition) is 3. The number of carbonyl (C=O) groups is 2. The summed E-state index contributed by atoms with van der Waals surface area (Å²) in [6.45, 7) is 3.98. The minimum Gasteiger partial charge on any atom is -0.505 e. The fourth-order valence-corrected chi connectivity index (χ4v) is 1.95. The molecule has 0 aliphatic heterocycles. The van der Waals surface area contributed by atoms with Crippen molar-refractivity contribution in [3.05, 3.63) is 23.8 Å². The zero-order valence-electron chi connectivity index (χ0n) is 10.2. The van der Waals surface area contributed by atoms with Gasteiger partial charge in [0.05, 0.1) is 5.69 Å². The first-order chi connectivity index (χ1) is 8.33. The SMILES string of the molecule is CC1(C)CC1C(=O)Nc1cccc(C(=O)O)c1O. The van der Waals surface area contributed by atoms with Gasteiger partial charge in [-0.2, -0.15) is 0 Å². The number of anilines is 1. The molecule has 3 N–H and O–H groups in total. The van der Waals surface area contributed by atoms with Crippen LogP contribution in [0.2, 0.25) is 0 Å². The summed E-state index contributed by atoms with van der Waals surface area (Å²) in [6, 6.07) is 4.25. The van der Waals surface area contributed by atoms with Crippen LogP contribution < -0.4 is 5.32 Å². The van der Waals surface area contributed by atoms with E-state index in [9.17, 15) is 14.7 Å². The highest BCUT2D eigenvalue weighted by molar-refractivity contribution is 5.99. The summed E-state index contributed by atoms with van der Waals surface area (Å²) in [5.74, 6) is -1.89. The number of carboxylic acid groups (broad SMARTS) is 1. The monoisotopic (exact) mass is 249 g/mol. The predicted octanol–water partition coefficient (Wildman–Crippen LogP) is 2.07. The number of benzene rings is 1. The van der Waals surface area contributed by atoms with Gasteiger partial charge in [-0.05, 0) is 24.0 Å². The number of nitrogens with one attached hydrogen (secondary N) is 1. The summed E-state index contributed by atoms with van der Waals surface area (Å²) in [5, 5.41) is 21.2. The van der Waals surface area contributed by atoms with Crippen molar-refractivity contribution in [2.75, 3.05) is 5.32 Å². The Balaban J connectivity index is 2.18. The van der Waals surface area contributed by atoms with E-state index in [1.54, 1.807) is 0 Å². The Morgan fingerprint density at radius 1 is 1.39 bits per heavy atom. The molecule has 1 aromatic carbocycles. The van der Waals surface area contributed by atoms with Crippen LogP contribution in [0.3, 0.4) is 0 Å². The number of carbonyl (C=O) groups excluding carboxylic acids is 1. The fraction of sp³-hybridized carbons (Fsp3) is 0.385. The van der Waals surface area contributed by atoms with Crippen molar-refractivity contribution in [3.8, 4) is 5.75 Å². The van der Waals surface area contributed by atoms with Gasteiger partial charge in [0.15, 0.2) is 5.75 Å². The molecule has 5 heteroatoms. The van der Waals surface area contributed by atoms with Crippen LogP contribution >= 0.6 is 0 Å². The molecule has 1 fully saturated rings. The molecule has 0 bridgehead atoms. The van der Waals surface area contributed by atoms with Gasteiger partial charge in [-0.25, -0.2) is 4.79 Å². The maximum Gasteiger partial charge on any atom is 0.339 e. The molecule has 1 aromatic rings. The summed E-state index contributed by atoms with van der Waals surface area (Å²) < 4.78 is 0. The van der Waals surface area contributed by atoms with Gasteiger partial charge in [-0.1, -0.05) is 19.9 Å². The van der Waals surface area contributed by atoms with Crippen LogP contribution in [-0.4, -0.2) is 22.1 Å². The standard InChI is InChI=1S/C13H15NO4/c1-13(2)6-8(13)11(16)14-9-5-3-4-7(10(9)15)12(17)18/h3-5,8,15H,6H2,1-2H3,(H,14,16)(H,17,18). The van der Waals surface area contributed by atoms with Crippen LogP contribution in [0, 0.1) is 11.3 Å². The molecule has 0 aromatic heterocycles. The van der Waals surface area contributed by atoms with Gasteiger partial charge >= 0.3 is 5.97 Å². The van der Waals surface area contributed by atoms with Crippen molar-refractivity contribution < 1.29 is 19.8 Å². The average Bonchev–Trinajstić information content (AvgIpc) is 2.90. The summed E-state index contributed by atoms with van der Waals surface area (Å²) >= 11 is 0. The minimum atomic E-state index is -1.23. The maximum atomic E-state index is 11.9. The molecule has 0 radical (unpaired) electrons. The van der Waals surface area contributed by atoms with Crippen molar-refractivity contribution in [2.24, 2.45) is 11.3 Å². The third-order valence-electron chi connectivity index (χ3n) is 3.35. The second kappa shape index (κ2) is 4.01. The Kier molecular flexibility index (Phi) is 2.77. The van der Waals surface area contributed by atoms with Crippen molar-refractivity contribution >= 4 is 17.6 Å². The van der Waals surface area contributed by atoms with E-state index < -0.39 is 11.7 Å². The normalized spacial score (nSPS) is 20.2. The largest absolute Gasteiger partial charge is 0.505 e. The predicted molar refractivity (Wildman–Crippen MR) is 65.6 cm³/mol. The second-order valence-corrected chi connectivity index (χ2v) is 5.24. The summed E-state index contributed by atoms with van der Waals surface area (Å²) in [7, 11) is 0. The Morgan fingerprint density at radius 2 is 2.00 bits per heavy atom. The van der Waals surface area contributed by atoms with E-state index in [2.05, 4.69) is 5.32 Å². The number of carboxylic acids is 1. The molecule has 1 amide bonds. The summed E-state index contributed by atoms with van der Waals surface area (Å²) in [5.41, 5.74) is -0.0881. The number of phenols is 1. The molecule has 1 aliphatic carbocycles. The highest BCUT2D eigenvalue weighted by Gasteiger charge is 2.50. The van der Waals surface area contributed by atoms with Gasteiger partial charge in [0, 0.05) is 5.92 Å². The van der Waals surface area contributed by atoms with Crippen LogP contribution in [0.4, 0.5) is 5.69 Å². The lowest BCUT2D eigenvalue weighted by Crippen LogP contribution is -2.17. The number of hydrogen-bond donors (Lipinski definition) is 3. The molecule has 0 saturated heterocycles. The van der Waals surface area contributed by atoms with Crippen LogP contribution in [0.5, 0.6) is 5.75 Å². The first-order valence-electron chi connectivity index (χ1n) is 5.69. The molecule has 5 nitrogen and oxygen atoms in total. The molecule has 18 heavy (non-hydrogen) atoms. The zero-order chi connectivity index (χ0) is 13.5. The molecular weight excluding hydrogens is 234 g/mol. The highest BCUT2D eigenvalue weighted by Crippen LogP contribution is 2.52. The van der Waals surface area contributed by atoms with Crippen LogP contribution in [0.15, 0.2) is 18.2 Å². The molecular formula is C13H15NO4. The Labute approximate surface area is 104 Å². The average molecular weight is 249 g/mol. The van der Waals surface area contributed by atoms with Gasteiger partial charge < -0.3 is 15.5 Å². The number of para-hydroxylation sites is 1. The molecule has 2 rings (SSSR count). The minimum absolute atomic E-state index is 0.00981. The first kappa shape index (κ1) is 12.4. The quantitative estimate of drug-likeness (QED) is 0.716. The molecule has 1 unspecified atom stereocenters. The van der Waals surface area contributed by atoms with Gasteiger partial charge in [-0.15, -0.1) is 0 Å². The Hall–Kier alpha value is -2.04. The number of rotatable bonds is 3. The first-order valence-corrected chi connectivity index (χ1v) is 5.69. The van der Waals surface area contributed by atoms with E-state index in [-0.39, 0.29) is 28.5 Å². The van der Waals surface area contributed by atoms with Crippen molar-refractivity contribution in [1.29, 1.82) is 0 Å². The molecule has 1 saturated carbocycles. The number of aromatic carboxylic acids is 1. The van der Waals surface area contributed by atoms with E-state index in [0.717, 1.165) is 6.42 Å². The maximum absolute atomic E-state index is 11.9. The molecule has 0 heterocycles. The second-order valence-electron chi connectivity index (χ2n) is 5.24. The molecule has 0 spiro atoms. The van der Waals surface area contributed by atoms with Crippen LogP contribution in [-0.2, 0) is 4.79 Å². The number of amides is 1. The van der Waals surface area contributed by atoms with Gasteiger partial charge in [0.2, 0.25) is 5.91 Å². The smallest absolute Gasteiger partial charge is 0.339 e. The van der Waals surface area contributed by atoms with Crippen molar-refractivity contribution in [1.82, 2.24) is 0 Å². The Bertz CT molecular complexity index is 522. The van der Waals surface area contributed by atoms with E-state index in [1.807, 2.05) is 13.8 Å². The van der Waals surface area contributed by atoms with E-state index >= 15 is 0 Å². The molecule has 1 atom stereocenters. The van der Waals surface area contributed by atoms with Crippen LogP contribution in [0.1, 0.15) is 30.6 Å². The summed E-state index contributed by atoms with van der Waals surface area (Å²) in [4.78, 5) is 22.7. The van der Waals surface area contributed by atoms with Crippen molar-refractivity contribution in [2.45, 2.75) is 20.3 Å². The summed E-state index contributed by atoms with van der Waals surface area (Å²) in [6.07, 6.45) is 0.804. The zero-order valence-corrected chi connectivity index (χ0v) is 10.2. The van der Waals surface area contributed by atoms with E-state index in [1.165, 1.54) is 18.2 Å². The number of aromatic hydroxyl groups is 1. The fourth-order valence-electron chi connectivity index (χ4n) is 1.95. The van der Waals surface area contributed by atoms with Gasteiger partial charge in [0.1, 0.15) is 5.56 Å². The van der Waals surface area contributed by atoms with E-state index in [0.29, 0.717) is 0 Å². The highest BCUT2D eigenvalue weighted by atomic mass is 16.4. The van der Waals surface area contributed by atoms with Gasteiger partial charge in [-0.3, -0.25) is 4.79 Å². The van der Waals surface area contributed by atoms with Crippen LogP contribution in [0.25, 0.3) is 0 Å². The topological polar surface area (TPSA) is 86.6 Å². The Morgan fingerprint density at radius 3 is 2.50 bits per heavy atom. The lowest BCUT2D eigenvalue weighted by molar-refractivity contribution is -0.118. The lowest BCUT2D eigenvalue weighted by Gasteiger charge is -2.09. The lowest BCUT2D eigenvalue weighted by atomic mass is 10.1. The third kappa shape index (κ3) is 2.16. The molecule has 96 valence electrons. The molecule has 1 aliphatic rings. The van der Waals surface area contributed by atoms with Crippen molar-refractivity contribution in [3.63, 3.8) is 0 Å².